The lowest BCUT2D eigenvalue weighted by Crippen LogP contribution is -2.31. The van der Waals surface area contributed by atoms with Crippen molar-refractivity contribution in [1.82, 2.24) is 14.9 Å². The Kier molecular flexibility index (Phi) is 3.44. The van der Waals surface area contributed by atoms with E-state index in [1.807, 2.05) is 12.3 Å². The second kappa shape index (κ2) is 5.23. The molecule has 1 atom stereocenters. The van der Waals surface area contributed by atoms with E-state index in [1.54, 1.807) is 18.3 Å². The first-order valence-corrected chi connectivity index (χ1v) is 6.86. The van der Waals surface area contributed by atoms with Crippen LogP contribution >= 0.6 is 11.6 Å². The molecule has 4 nitrogen and oxygen atoms in total. The van der Waals surface area contributed by atoms with Crippen LogP contribution in [0.15, 0.2) is 30.6 Å². The third kappa shape index (κ3) is 2.33. The van der Waals surface area contributed by atoms with E-state index in [0.29, 0.717) is 11.1 Å². The van der Waals surface area contributed by atoms with Crippen molar-refractivity contribution in [3.8, 4) is 17.1 Å². The molecule has 19 heavy (non-hydrogen) atoms. The molecule has 5 heteroatoms. The van der Waals surface area contributed by atoms with Gasteiger partial charge >= 0.3 is 0 Å². The molecular formula is C14H16ClN3O. The van der Waals surface area contributed by atoms with Gasteiger partial charge in [0, 0.05) is 30.5 Å². The number of rotatable bonds is 2. The molecule has 0 radical (unpaired) electrons. The summed E-state index contributed by atoms with van der Waals surface area (Å²) >= 11 is 6.18. The minimum Gasteiger partial charge on any atom is -0.506 e. The number of imidazole rings is 1. The molecule has 0 amide bonds. The number of hydrogen-bond acceptors (Lipinski definition) is 3. The molecule has 0 aliphatic carbocycles. The van der Waals surface area contributed by atoms with Crippen LogP contribution in [-0.4, -0.2) is 27.7 Å². The maximum atomic E-state index is 9.72. The van der Waals surface area contributed by atoms with Crippen LogP contribution < -0.4 is 5.32 Å². The quantitative estimate of drug-likeness (QED) is 0.887. The van der Waals surface area contributed by atoms with E-state index in [2.05, 4.69) is 14.9 Å². The molecule has 2 aromatic rings. The lowest BCUT2D eigenvalue weighted by molar-refractivity contribution is 0.374. The van der Waals surface area contributed by atoms with Gasteiger partial charge in [0.2, 0.25) is 0 Å². The van der Waals surface area contributed by atoms with Gasteiger partial charge in [-0.05, 0) is 31.5 Å². The number of benzene rings is 1. The van der Waals surface area contributed by atoms with Crippen LogP contribution in [0.4, 0.5) is 0 Å². The maximum absolute atomic E-state index is 9.72. The van der Waals surface area contributed by atoms with Gasteiger partial charge in [0.05, 0.1) is 5.02 Å². The Bertz CT molecular complexity index is 576. The van der Waals surface area contributed by atoms with Gasteiger partial charge in [0.25, 0.3) is 0 Å². The third-order valence-electron chi connectivity index (χ3n) is 3.55. The lowest BCUT2D eigenvalue weighted by Gasteiger charge is -2.25. The summed E-state index contributed by atoms with van der Waals surface area (Å²) in [6.45, 7) is 2.02. The SMILES string of the molecule is Oc1cccc(-c2nccn2[C@@H]2CCCNC2)c1Cl. The van der Waals surface area contributed by atoms with Crippen molar-refractivity contribution in [3.63, 3.8) is 0 Å². The van der Waals surface area contributed by atoms with Crippen LogP contribution in [0.2, 0.25) is 5.02 Å². The molecule has 2 N–H and O–H groups in total. The van der Waals surface area contributed by atoms with Gasteiger partial charge < -0.3 is 15.0 Å². The highest BCUT2D eigenvalue weighted by Crippen LogP contribution is 2.35. The van der Waals surface area contributed by atoms with Gasteiger partial charge in [0.15, 0.2) is 0 Å². The van der Waals surface area contributed by atoms with Gasteiger partial charge in [-0.2, -0.15) is 0 Å². The number of phenolic OH excluding ortho intramolecular Hbond substituents is 1. The molecule has 1 saturated heterocycles. The minimum absolute atomic E-state index is 0.0930. The zero-order chi connectivity index (χ0) is 13.2. The monoisotopic (exact) mass is 277 g/mol. The molecule has 1 aromatic carbocycles. The summed E-state index contributed by atoms with van der Waals surface area (Å²) in [5, 5.41) is 13.5. The fourth-order valence-electron chi connectivity index (χ4n) is 2.58. The van der Waals surface area contributed by atoms with Crippen molar-refractivity contribution >= 4 is 11.6 Å². The maximum Gasteiger partial charge on any atom is 0.141 e. The summed E-state index contributed by atoms with van der Waals surface area (Å²) in [5.74, 6) is 0.907. The predicted octanol–water partition coefficient (Wildman–Crippen LogP) is 2.83. The second-order valence-electron chi connectivity index (χ2n) is 4.80. The summed E-state index contributed by atoms with van der Waals surface area (Å²) in [6.07, 6.45) is 6.06. The molecule has 0 unspecified atom stereocenters. The van der Waals surface area contributed by atoms with Crippen LogP contribution in [0.3, 0.4) is 0 Å². The Labute approximate surface area is 117 Å². The van der Waals surface area contributed by atoms with Crippen molar-refractivity contribution in [2.45, 2.75) is 18.9 Å². The molecule has 0 saturated carbocycles. The topological polar surface area (TPSA) is 50.1 Å². The normalized spacial score (nSPS) is 19.5. The fourth-order valence-corrected chi connectivity index (χ4v) is 2.79. The highest BCUT2D eigenvalue weighted by atomic mass is 35.5. The van der Waals surface area contributed by atoms with Crippen LogP contribution in [0.5, 0.6) is 5.75 Å². The van der Waals surface area contributed by atoms with E-state index in [-0.39, 0.29) is 5.75 Å². The Morgan fingerprint density at radius 3 is 3.11 bits per heavy atom. The number of hydrogen-bond donors (Lipinski definition) is 2. The molecular weight excluding hydrogens is 262 g/mol. The number of halogens is 1. The van der Waals surface area contributed by atoms with Crippen LogP contribution in [-0.2, 0) is 0 Å². The fraction of sp³-hybridized carbons (Fsp3) is 0.357. The lowest BCUT2D eigenvalue weighted by atomic mass is 10.1. The van der Waals surface area contributed by atoms with Crippen molar-refractivity contribution in [2.24, 2.45) is 0 Å². The van der Waals surface area contributed by atoms with Crippen molar-refractivity contribution in [3.05, 3.63) is 35.6 Å². The molecule has 1 aromatic heterocycles. The average Bonchev–Trinajstić information content (AvgIpc) is 2.92. The highest BCUT2D eigenvalue weighted by Gasteiger charge is 2.20. The zero-order valence-electron chi connectivity index (χ0n) is 10.5. The summed E-state index contributed by atoms with van der Waals surface area (Å²) < 4.78 is 2.15. The molecule has 2 heterocycles. The molecule has 1 aliphatic heterocycles. The van der Waals surface area contributed by atoms with E-state index in [1.165, 1.54) is 0 Å². The van der Waals surface area contributed by atoms with Crippen LogP contribution in [0.1, 0.15) is 18.9 Å². The number of piperidine rings is 1. The molecule has 100 valence electrons. The van der Waals surface area contributed by atoms with Crippen molar-refractivity contribution in [1.29, 1.82) is 0 Å². The largest absolute Gasteiger partial charge is 0.506 e. The first-order valence-electron chi connectivity index (χ1n) is 6.49. The number of aromatic nitrogens is 2. The van der Waals surface area contributed by atoms with Gasteiger partial charge in [-0.15, -0.1) is 0 Å². The molecule has 0 bridgehead atoms. The summed E-state index contributed by atoms with van der Waals surface area (Å²) in [5.41, 5.74) is 0.775. The van der Waals surface area contributed by atoms with Gasteiger partial charge in [-0.25, -0.2) is 4.98 Å². The Balaban J connectivity index is 2.01. The Morgan fingerprint density at radius 2 is 2.32 bits per heavy atom. The molecule has 1 fully saturated rings. The van der Waals surface area contributed by atoms with E-state index in [0.717, 1.165) is 37.3 Å². The van der Waals surface area contributed by atoms with E-state index in [9.17, 15) is 5.11 Å². The first-order chi connectivity index (χ1) is 9.27. The second-order valence-corrected chi connectivity index (χ2v) is 5.17. The minimum atomic E-state index is 0.0930. The summed E-state index contributed by atoms with van der Waals surface area (Å²) in [6, 6.07) is 5.65. The smallest absolute Gasteiger partial charge is 0.141 e. The summed E-state index contributed by atoms with van der Waals surface area (Å²) in [7, 11) is 0. The Hall–Kier alpha value is -1.52. The van der Waals surface area contributed by atoms with E-state index < -0.39 is 0 Å². The van der Waals surface area contributed by atoms with Crippen LogP contribution in [0, 0.1) is 0 Å². The highest BCUT2D eigenvalue weighted by molar-refractivity contribution is 6.34. The number of nitrogens with zero attached hydrogens (tertiary/aromatic N) is 2. The molecule has 3 rings (SSSR count). The predicted molar refractivity (Wildman–Crippen MR) is 75.5 cm³/mol. The van der Waals surface area contributed by atoms with E-state index in [4.69, 9.17) is 11.6 Å². The molecule has 1 aliphatic rings. The van der Waals surface area contributed by atoms with Crippen molar-refractivity contribution < 1.29 is 5.11 Å². The third-order valence-corrected chi connectivity index (χ3v) is 3.95. The standard InChI is InChI=1S/C14H16ClN3O/c15-13-11(4-1-5-12(13)19)14-17-7-8-18(14)10-3-2-6-16-9-10/h1,4-5,7-8,10,16,19H,2-3,6,9H2/t10-/m1/s1. The van der Waals surface area contributed by atoms with Gasteiger partial charge in [0.1, 0.15) is 11.6 Å². The Morgan fingerprint density at radius 1 is 1.42 bits per heavy atom. The van der Waals surface area contributed by atoms with E-state index >= 15 is 0 Å². The summed E-state index contributed by atoms with van der Waals surface area (Å²) in [4.78, 5) is 4.40. The number of aromatic hydroxyl groups is 1. The van der Waals surface area contributed by atoms with Crippen LogP contribution in [0.25, 0.3) is 11.4 Å². The number of nitrogens with one attached hydrogen (secondary N) is 1. The van der Waals surface area contributed by atoms with Gasteiger partial charge in [-0.1, -0.05) is 17.7 Å². The average molecular weight is 278 g/mol. The number of phenols is 1. The zero-order valence-corrected chi connectivity index (χ0v) is 11.3. The van der Waals surface area contributed by atoms with Gasteiger partial charge in [-0.3, -0.25) is 0 Å². The molecule has 0 spiro atoms. The van der Waals surface area contributed by atoms with Crippen molar-refractivity contribution in [2.75, 3.05) is 13.1 Å². The first kappa shape index (κ1) is 12.5.